The highest BCUT2D eigenvalue weighted by molar-refractivity contribution is 6.34. The van der Waals surface area contributed by atoms with E-state index < -0.39 is 64.4 Å². The third-order valence-electron chi connectivity index (χ3n) is 6.89. The molecule has 0 aromatic heterocycles. The number of phenols is 1. The molecule has 0 bridgehead atoms. The molecule has 0 saturated heterocycles. The second-order valence-electron chi connectivity index (χ2n) is 8.71. The Hall–Kier alpha value is -2.62. The van der Waals surface area contributed by atoms with Gasteiger partial charge in [-0.2, -0.15) is 0 Å². The Kier molecular flexibility index (Phi) is 4.84. The van der Waals surface area contributed by atoms with Crippen LogP contribution >= 0.6 is 11.6 Å². The number of primary amides is 1. The molecule has 6 atom stereocenters. The molecule has 10 heteroatoms. The molecule has 1 aromatic rings. The minimum absolute atomic E-state index is 0.00409. The van der Waals surface area contributed by atoms with E-state index in [1.807, 2.05) is 0 Å². The Morgan fingerprint density at radius 3 is 2.42 bits per heavy atom. The van der Waals surface area contributed by atoms with Crippen molar-refractivity contribution in [3.63, 3.8) is 0 Å². The number of fused-ring (bicyclic) bond motifs is 3. The van der Waals surface area contributed by atoms with Crippen molar-refractivity contribution in [2.75, 3.05) is 14.1 Å². The summed E-state index contributed by atoms with van der Waals surface area (Å²) in [4.78, 5) is 66.0. The first kappa shape index (κ1) is 21.6. The van der Waals surface area contributed by atoms with E-state index in [0.29, 0.717) is 5.56 Å². The minimum atomic E-state index is -2.72. The minimum Gasteiger partial charge on any atom is -0.507 e. The van der Waals surface area contributed by atoms with Crippen LogP contribution in [-0.2, 0) is 25.6 Å². The number of benzene rings is 1. The number of hydrogen-bond donors (Lipinski definition) is 3. The Labute approximate surface area is 182 Å². The molecule has 4 N–H and O–H groups in total. The summed E-state index contributed by atoms with van der Waals surface area (Å²) < 4.78 is 0. The van der Waals surface area contributed by atoms with E-state index in [1.165, 1.54) is 31.1 Å². The summed E-state index contributed by atoms with van der Waals surface area (Å²) in [5.41, 5.74) is 2.82. The Morgan fingerprint density at radius 2 is 1.84 bits per heavy atom. The van der Waals surface area contributed by atoms with Crippen molar-refractivity contribution in [2.45, 2.75) is 24.5 Å². The van der Waals surface area contributed by atoms with Crippen LogP contribution in [0.25, 0.3) is 0 Å². The van der Waals surface area contributed by atoms with Crippen LogP contribution in [0.1, 0.15) is 22.3 Å². The molecular formula is C21H21ClN2O7. The predicted molar refractivity (Wildman–Crippen MR) is 106 cm³/mol. The number of carbonyl (C=O) groups is 5. The van der Waals surface area contributed by atoms with Crippen LogP contribution in [0.5, 0.6) is 5.75 Å². The van der Waals surface area contributed by atoms with Gasteiger partial charge in [0.2, 0.25) is 5.91 Å². The fraction of sp³-hybridized carbons (Fsp3) is 0.476. The average Bonchev–Trinajstić information content (AvgIpc) is 2.67. The molecule has 0 heterocycles. The normalized spacial score (nSPS) is 34.9. The zero-order chi connectivity index (χ0) is 23.0. The molecule has 2 fully saturated rings. The number of nitrogens with two attached hydrogens (primary N) is 1. The summed E-state index contributed by atoms with van der Waals surface area (Å²) in [5, 5.41) is 21.8. The first-order valence-corrected chi connectivity index (χ1v) is 10.2. The number of carbonyl (C=O) groups excluding carboxylic acids is 5. The summed E-state index contributed by atoms with van der Waals surface area (Å²) in [5.74, 6) is -10.7. The van der Waals surface area contributed by atoms with Gasteiger partial charge in [-0.25, -0.2) is 0 Å². The smallest absolute Gasteiger partial charge is 0.235 e. The zero-order valence-electron chi connectivity index (χ0n) is 16.8. The fourth-order valence-corrected chi connectivity index (χ4v) is 5.80. The van der Waals surface area contributed by atoms with E-state index in [1.54, 1.807) is 0 Å². The van der Waals surface area contributed by atoms with E-state index in [0.717, 1.165) is 0 Å². The number of hydrogen-bond acceptors (Lipinski definition) is 8. The van der Waals surface area contributed by atoms with Crippen molar-refractivity contribution in [1.82, 2.24) is 4.90 Å². The highest BCUT2D eigenvalue weighted by atomic mass is 35.5. The maximum absolute atomic E-state index is 13.5. The largest absolute Gasteiger partial charge is 0.507 e. The van der Waals surface area contributed by atoms with Gasteiger partial charge in [-0.05, 0) is 50.6 Å². The number of likely N-dealkylation sites (N-methyl/N-ethyl adjacent to an activating group) is 1. The molecule has 0 radical (unpaired) electrons. The molecule has 4 rings (SSSR count). The molecule has 2 unspecified atom stereocenters. The van der Waals surface area contributed by atoms with Crippen LogP contribution in [0.15, 0.2) is 12.1 Å². The van der Waals surface area contributed by atoms with Crippen LogP contribution in [0, 0.1) is 23.7 Å². The van der Waals surface area contributed by atoms with Gasteiger partial charge < -0.3 is 15.9 Å². The molecule has 3 aliphatic rings. The summed E-state index contributed by atoms with van der Waals surface area (Å²) in [6, 6.07) is 1.55. The molecular weight excluding hydrogens is 428 g/mol. The topological polar surface area (TPSA) is 155 Å². The van der Waals surface area contributed by atoms with Gasteiger partial charge in [0, 0.05) is 10.9 Å². The summed E-state index contributed by atoms with van der Waals surface area (Å²) in [6.45, 7) is 0. The van der Waals surface area contributed by atoms with Gasteiger partial charge in [-0.15, -0.1) is 0 Å². The standard InChI is InChI=1S/C21H21ClN2O7/c1-24(2)15-9-6-7-5-8-10(22)3-4-11(25)13(8)16(26)12(7)18(28)21(9,31)19(29)14(17(15)27)20(23)30/h3-4,7,9,12,14-15,25,31H,5-6H2,1-2H3,(H2,23,30)/t7-,9-,12?,14?,15-,21-/m0/s1. The van der Waals surface area contributed by atoms with Gasteiger partial charge in [0.25, 0.3) is 0 Å². The van der Waals surface area contributed by atoms with E-state index in [4.69, 9.17) is 17.3 Å². The Morgan fingerprint density at radius 1 is 1.19 bits per heavy atom. The van der Waals surface area contributed by atoms with Gasteiger partial charge in [-0.1, -0.05) is 11.6 Å². The van der Waals surface area contributed by atoms with Gasteiger partial charge in [0.05, 0.1) is 17.5 Å². The van der Waals surface area contributed by atoms with Crippen LogP contribution in [0.2, 0.25) is 5.02 Å². The second kappa shape index (κ2) is 6.94. The quantitative estimate of drug-likeness (QED) is 0.512. The van der Waals surface area contributed by atoms with Crippen LogP contribution in [0.3, 0.4) is 0 Å². The van der Waals surface area contributed by atoms with Crippen LogP contribution < -0.4 is 5.73 Å². The first-order valence-electron chi connectivity index (χ1n) is 9.77. The molecule has 1 aromatic carbocycles. The van der Waals surface area contributed by atoms with Crippen molar-refractivity contribution < 1.29 is 34.2 Å². The second-order valence-corrected chi connectivity index (χ2v) is 9.12. The molecule has 164 valence electrons. The highest BCUT2D eigenvalue weighted by Gasteiger charge is 2.69. The third kappa shape index (κ3) is 2.73. The Bertz CT molecular complexity index is 1070. The number of aliphatic hydroxyl groups is 1. The summed E-state index contributed by atoms with van der Waals surface area (Å²) in [7, 11) is 3.06. The lowest BCUT2D eigenvalue weighted by Crippen LogP contribution is -2.74. The lowest BCUT2D eigenvalue weighted by molar-refractivity contribution is -0.181. The lowest BCUT2D eigenvalue weighted by atomic mass is 9.52. The number of rotatable bonds is 2. The molecule has 1 amide bonds. The van der Waals surface area contributed by atoms with Crippen molar-refractivity contribution in [3.05, 3.63) is 28.3 Å². The average molecular weight is 449 g/mol. The number of nitrogens with zero attached hydrogens (tertiary/aromatic N) is 1. The molecule has 0 aliphatic heterocycles. The SMILES string of the molecule is CN(C)[C@@H]1C(=O)C(C(N)=O)C(=O)[C@@]2(O)C(=O)C3C(=O)c4c(O)ccc(Cl)c4C[C@H]3C[C@@H]12. The molecule has 9 nitrogen and oxygen atoms in total. The monoisotopic (exact) mass is 448 g/mol. The van der Waals surface area contributed by atoms with E-state index in [9.17, 15) is 34.2 Å². The van der Waals surface area contributed by atoms with Gasteiger partial charge in [0.15, 0.2) is 34.7 Å². The molecule has 31 heavy (non-hydrogen) atoms. The van der Waals surface area contributed by atoms with Crippen LogP contribution in [0.4, 0.5) is 0 Å². The lowest BCUT2D eigenvalue weighted by Gasteiger charge is -2.52. The number of ketones is 4. The summed E-state index contributed by atoms with van der Waals surface area (Å²) in [6.07, 6.45) is 0.148. The maximum atomic E-state index is 13.5. The number of phenolic OH excluding ortho intramolecular Hbond substituents is 1. The number of Topliss-reactive ketones (excluding diaryl/α,β-unsaturated/α-hetero) is 4. The Balaban J connectivity index is 1.88. The van der Waals surface area contributed by atoms with E-state index in [-0.39, 0.29) is 29.2 Å². The van der Waals surface area contributed by atoms with Gasteiger partial charge in [-0.3, -0.25) is 28.9 Å². The zero-order valence-corrected chi connectivity index (χ0v) is 17.5. The van der Waals surface area contributed by atoms with Gasteiger partial charge >= 0.3 is 0 Å². The highest BCUT2D eigenvalue weighted by Crippen LogP contribution is 2.51. The third-order valence-corrected chi connectivity index (χ3v) is 7.24. The van der Waals surface area contributed by atoms with E-state index in [2.05, 4.69) is 0 Å². The molecule has 3 aliphatic carbocycles. The van der Waals surface area contributed by atoms with Crippen molar-refractivity contribution >= 4 is 40.6 Å². The number of amides is 1. The summed E-state index contributed by atoms with van der Waals surface area (Å²) >= 11 is 6.23. The fourth-order valence-electron chi connectivity index (χ4n) is 5.57. The van der Waals surface area contributed by atoms with Crippen molar-refractivity contribution in [2.24, 2.45) is 29.4 Å². The number of halogens is 1. The maximum Gasteiger partial charge on any atom is 0.235 e. The molecule has 2 saturated carbocycles. The van der Waals surface area contributed by atoms with Crippen LogP contribution in [-0.4, -0.2) is 69.9 Å². The molecule has 0 spiro atoms. The first-order chi connectivity index (χ1) is 14.4. The van der Waals surface area contributed by atoms with Crippen molar-refractivity contribution in [1.29, 1.82) is 0 Å². The van der Waals surface area contributed by atoms with Gasteiger partial charge in [0.1, 0.15) is 5.75 Å². The van der Waals surface area contributed by atoms with E-state index >= 15 is 0 Å². The predicted octanol–water partition coefficient (Wildman–Crippen LogP) is -0.480. The number of aromatic hydroxyl groups is 1. The van der Waals surface area contributed by atoms with Crippen molar-refractivity contribution in [3.8, 4) is 5.75 Å².